The van der Waals surface area contributed by atoms with Gasteiger partial charge in [-0.25, -0.2) is 4.98 Å². The Hall–Kier alpha value is -1.88. The van der Waals surface area contributed by atoms with Crippen LogP contribution in [0.4, 0.5) is 5.82 Å². The highest BCUT2D eigenvalue weighted by Crippen LogP contribution is 2.04. The number of hydrogen-bond acceptors (Lipinski definition) is 4. The number of aromatic nitrogens is 3. The largest absolute Gasteiger partial charge is 0.383 e. The Balaban J connectivity index is 1.85. The van der Waals surface area contributed by atoms with Crippen LogP contribution >= 0.6 is 0 Å². The van der Waals surface area contributed by atoms with Crippen molar-refractivity contribution in [1.82, 2.24) is 14.8 Å². The number of hydrogen-bond donors (Lipinski definition) is 1. The van der Waals surface area contributed by atoms with Crippen LogP contribution in [0.2, 0.25) is 0 Å². The molecule has 1 N–H and O–H groups in total. The van der Waals surface area contributed by atoms with E-state index in [0.29, 0.717) is 6.61 Å². The van der Waals surface area contributed by atoms with E-state index >= 15 is 0 Å². The summed E-state index contributed by atoms with van der Waals surface area (Å²) >= 11 is 0. The summed E-state index contributed by atoms with van der Waals surface area (Å²) in [7, 11) is 1.69. The van der Waals surface area contributed by atoms with Gasteiger partial charge in [-0.15, -0.1) is 0 Å². The predicted octanol–water partition coefficient (Wildman–Crippen LogP) is 1.54. The SMILES string of the molecule is COCCn1cc(CNc2ccccn2)cn1. The first-order chi connectivity index (χ1) is 8.38. The number of nitrogens with one attached hydrogen (secondary N) is 1. The highest BCUT2D eigenvalue weighted by molar-refractivity contribution is 5.33. The average Bonchev–Trinajstić information content (AvgIpc) is 2.83. The molecule has 0 aliphatic carbocycles. The fraction of sp³-hybridized carbons (Fsp3) is 0.333. The van der Waals surface area contributed by atoms with E-state index in [9.17, 15) is 0 Å². The van der Waals surface area contributed by atoms with Crippen LogP contribution < -0.4 is 5.32 Å². The summed E-state index contributed by atoms with van der Waals surface area (Å²) < 4.78 is 6.87. The van der Waals surface area contributed by atoms with Gasteiger partial charge in [0.05, 0.1) is 19.3 Å². The van der Waals surface area contributed by atoms with Gasteiger partial charge in [0.15, 0.2) is 0 Å². The Kier molecular flexibility index (Phi) is 4.10. The van der Waals surface area contributed by atoms with E-state index in [0.717, 1.165) is 24.5 Å². The Bertz CT molecular complexity index is 441. The molecule has 2 heterocycles. The summed E-state index contributed by atoms with van der Waals surface area (Å²) in [6, 6.07) is 5.79. The number of rotatable bonds is 6. The van der Waals surface area contributed by atoms with Crippen molar-refractivity contribution in [3.05, 3.63) is 42.4 Å². The van der Waals surface area contributed by atoms with Gasteiger partial charge in [0.25, 0.3) is 0 Å². The molecule has 2 aromatic heterocycles. The predicted molar refractivity (Wildman–Crippen MR) is 65.7 cm³/mol. The van der Waals surface area contributed by atoms with E-state index in [2.05, 4.69) is 15.4 Å². The molecule has 5 heteroatoms. The molecule has 0 bridgehead atoms. The molecule has 0 aliphatic heterocycles. The van der Waals surface area contributed by atoms with Crippen LogP contribution in [0, 0.1) is 0 Å². The van der Waals surface area contributed by atoms with E-state index in [-0.39, 0.29) is 0 Å². The first-order valence-corrected chi connectivity index (χ1v) is 5.53. The number of pyridine rings is 1. The minimum atomic E-state index is 0.675. The molecular formula is C12H16N4O. The second kappa shape index (κ2) is 6.00. The lowest BCUT2D eigenvalue weighted by Gasteiger charge is -2.02. The molecule has 0 fully saturated rings. The quantitative estimate of drug-likeness (QED) is 0.820. The molecule has 17 heavy (non-hydrogen) atoms. The number of nitrogens with zero attached hydrogens (tertiary/aromatic N) is 3. The topological polar surface area (TPSA) is 52.0 Å². The van der Waals surface area contributed by atoms with Crippen molar-refractivity contribution < 1.29 is 4.74 Å². The molecule has 0 amide bonds. The molecule has 5 nitrogen and oxygen atoms in total. The van der Waals surface area contributed by atoms with Crippen molar-refractivity contribution in [3.63, 3.8) is 0 Å². The van der Waals surface area contributed by atoms with Gasteiger partial charge in [-0.3, -0.25) is 4.68 Å². The maximum absolute atomic E-state index is 5.00. The van der Waals surface area contributed by atoms with Crippen LogP contribution in [0.5, 0.6) is 0 Å². The second-order valence-electron chi connectivity index (χ2n) is 3.67. The van der Waals surface area contributed by atoms with Crippen LogP contribution in [-0.2, 0) is 17.8 Å². The zero-order valence-corrected chi connectivity index (χ0v) is 9.84. The molecule has 0 saturated carbocycles. The fourth-order valence-electron chi connectivity index (χ4n) is 1.46. The second-order valence-corrected chi connectivity index (χ2v) is 3.67. The van der Waals surface area contributed by atoms with Gasteiger partial charge in [-0.2, -0.15) is 5.10 Å². The van der Waals surface area contributed by atoms with Crippen LogP contribution in [-0.4, -0.2) is 28.5 Å². The van der Waals surface area contributed by atoms with Crippen LogP contribution in [0.1, 0.15) is 5.56 Å². The Labute approximate surface area is 100 Å². The van der Waals surface area contributed by atoms with Gasteiger partial charge in [0.1, 0.15) is 5.82 Å². The minimum Gasteiger partial charge on any atom is -0.383 e. The van der Waals surface area contributed by atoms with Crippen molar-refractivity contribution >= 4 is 5.82 Å². The third-order valence-electron chi connectivity index (χ3n) is 2.35. The molecule has 0 saturated heterocycles. The zero-order valence-electron chi connectivity index (χ0n) is 9.84. The third-order valence-corrected chi connectivity index (χ3v) is 2.35. The highest BCUT2D eigenvalue weighted by atomic mass is 16.5. The van der Waals surface area contributed by atoms with E-state index in [1.807, 2.05) is 35.3 Å². The minimum absolute atomic E-state index is 0.675. The summed E-state index contributed by atoms with van der Waals surface area (Å²) in [6.07, 6.45) is 5.63. The number of methoxy groups -OCH3 is 1. The van der Waals surface area contributed by atoms with E-state index in [1.54, 1.807) is 13.3 Å². The Morgan fingerprint density at radius 3 is 3.12 bits per heavy atom. The first-order valence-electron chi connectivity index (χ1n) is 5.53. The van der Waals surface area contributed by atoms with Gasteiger partial charge >= 0.3 is 0 Å². The molecule has 2 aromatic rings. The van der Waals surface area contributed by atoms with Gasteiger partial charge < -0.3 is 10.1 Å². The highest BCUT2D eigenvalue weighted by Gasteiger charge is 1.98. The van der Waals surface area contributed by atoms with Crippen LogP contribution in [0.3, 0.4) is 0 Å². The van der Waals surface area contributed by atoms with Gasteiger partial charge in [-0.1, -0.05) is 6.07 Å². The molecular weight excluding hydrogens is 216 g/mol. The lowest BCUT2D eigenvalue weighted by Crippen LogP contribution is -2.04. The van der Waals surface area contributed by atoms with E-state index < -0.39 is 0 Å². The summed E-state index contributed by atoms with van der Waals surface area (Å²) in [5, 5.41) is 7.48. The Morgan fingerprint density at radius 2 is 2.35 bits per heavy atom. The normalized spacial score (nSPS) is 10.4. The van der Waals surface area contributed by atoms with Gasteiger partial charge in [0.2, 0.25) is 0 Å². The maximum atomic E-state index is 5.00. The van der Waals surface area contributed by atoms with Crippen LogP contribution in [0.15, 0.2) is 36.8 Å². The number of anilines is 1. The zero-order chi connectivity index (χ0) is 11.9. The molecule has 90 valence electrons. The van der Waals surface area contributed by atoms with Gasteiger partial charge in [0, 0.05) is 31.6 Å². The molecule has 0 aromatic carbocycles. The third kappa shape index (κ3) is 3.57. The molecule has 2 rings (SSSR count). The summed E-state index contributed by atoms with van der Waals surface area (Å²) in [5.41, 5.74) is 1.13. The first kappa shape index (κ1) is 11.6. The summed E-state index contributed by atoms with van der Waals surface area (Å²) in [6.45, 7) is 2.18. The fourth-order valence-corrected chi connectivity index (χ4v) is 1.46. The Morgan fingerprint density at radius 1 is 1.41 bits per heavy atom. The molecule has 0 unspecified atom stereocenters. The molecule has 0 aliphatic rings. The van der Waals surface area contributed by atoms with Gasteiger partial charge in [-0.05, 0) is 12.1 Å². The van der Waals surface area contributed by atoms with Crippen molar-refractivity contribution in [2.75, 3.05) is 19.0 Å². The van der Waals surface area contributed by atoms with Crippen molar-refractivity contribution in [1.29, 1.82) is 0 Å². The van der Waals surface area contributed by atoms with E-state index in [4.69, 9.17) is 4.74 Å². The average molecular weight is 232 g/mol. The number of ether oxygens (including phenoxy) is 1. The van der Waals surface area contributed by atoms with Crippen LogP contribution in [0.25, 0.3) is 0 Å². The standard InChI is InChI=1S/C12H16N4O/c1-17-7-6-16-10-11(9-15-16)8-14-12-4-2-3-5-13-12/h2-5,9-10H,6-8H2,1H3,(H,13,14). The summed E-state index contributed by atoms with van der Waals surface area (Å²) in [5.74, 6) is 0.872. The molecule has 0 radical (unpaired) electrons. The van der Waals surface area contributed by atoms with Crippen molar-refractivity contribution in [2.45, 2.75) is 13.1 Å². The summed E-state index contributed by atoms with van der Waals surface area (Å²) in [4.78, 5) is 4.19. The lowest BCUT2D eigenvalue weighted by molar-refractivity contribution is 0.183. The molecule has 0 spiro atoms. The lowest BCUT2D eigenvalue weighted by atomic mass is 10.3. The van der Waals surface area contributed by atoms with Crippen molar-refractivity contribution in [2.24, 2.45) is 0 Å². The molecule has 0 atom stereocenters. The maximum Gasteiger partial charge on any atom is 0.126 e. The van der Waals surface area contributed by atoms with E-state index in [1.165, 1.54) is 0 Å². The van der Waals surface area contributed by atoms with Crippen molar-refractivity contribution in [3.8, 4) is 0 Å². The smallest absolute Gasteiger partial charge is 0.126 e. The monoisotopic (exact) mass is 232 g/mol.